The van der Waals surface area contributed by atoms with Gasteiger partial charge in [0.2, 0.25) is 0 Å². The van der Waals surface area contributed by atoms with Crippen molar-refractivity contribution in [3.05, 3.63) is 63.5 Å². The summed E-state index contributed by atoms with van der Waals surface area (Å²) in [6.07, 6.45) is 0.704. The Kier molecular flexibility index (Phi) is 5.95. The lowest BCUT2D eigenvalue weighted by Gasteiger charge is -2.29. The molecule has 9 heteroatoms. The Bertz CT molecular complexity index is 1150. The van der Waals surface area contributed by atoms with Gasteiger partial charge in [-0.25, -0.2) is 18.3 Å². The van der Waals surface area contributed by atoms with Gasteiger partial charge in [-0.05, 0) is 39.4 Å². The van der Waals surface area contributed by atoms with Gasteiger partial charge < -0.3 is 10.2 Å². The van der Waals surface area contributed by atoms with Gasteiger partial charge >= 0.3 is 0 Å². The average molecular weight is 431 g/mol. The van der Waals surface area contributed by atoms with Crippen LogP contribution >= 0.6 is 0 Å². The molecule has 2 N–H and O–H groups in total. The number of nitrogens with one attached hydrogen (secondary N) is 2. The van der Waals surface area contributed by atoms with Crippen LogP contribution in [0, 0.1) is 5.82 Å². The van der Waals surface area contributed by atoms with E-state index < -0.39 is 23.8 Å². The van der Waals surface area contributed by atoms with Gasteiger partial charge in [0.05, 0.1) is 17.0 Å². The second kappa shape index (κ2) is 8.66. The van der Waals surface area contributed by atoms with E-state index in [-0.39, 0.29) is 17.0 Å². The molecule has 0 bridgehead atoms. The molecular weight excluding hydrogens is 407 g/mol. The quantitative estimate of drug-likeness (QED) is 0.627. The summed E-state index contributed by atoms with van der Waals surface area (Å²) >= 11 is 0. The third kappa shape index (κ3) is 4.27. The van der Waals surface area contributed by atoms with Crippen molar-refractivity contribution >= 4 is 16.6 Å². The maximum absolute atomic E-state index is 14.6. The van der Waals surface area contributed by atoms with Crippen molar-refractivity contribution in [1.29, 1.82) is 0 Å². The lowest BCUT2D eigenvalue weighted by atomic mass is 9.94. The zero-order valence-electron chi connectivity index (χ0n) is 17.3. The topological polar surface area (TPSA) is 73.9 Å². The number of hydrogen-bond acceptors (Lipinski definition) is 5. The number of H-pyrrole nitrogens is 1. The van der Waals surface area contributed by atoms with E-state index >= 15 is 0 Å². The molecule has 6 nitrogen and oxygen atoms in total. The number of fused-ring (bicyclic) bond motifs is 1. The lowest BCUT2D eigenvalue weighted by molar-refractivity contribution is 0.146. The number of nitrogens with zero attached hydrogens (tertiary/aromatic N) is 3. The van der Waals surface area contributed by atoms with Crippen LogP contribution < -0.4 is 10.9 Å². The standard InChI is InChI=1S/C22H24F3N5O/c1-12(14-6-3-7-15(19(14)23)20(24)25)27-21-16-9-18(13-5-4-8-30(2)11-13)26-10-17(16)22(31)29-28-21/h3,6-7,9-10,12-13,20H,4-5,8,11H2,1-2H3,(H,27,28)(H,29,31)/t12-,13?/m1/s1. The Hall–Kier alpha value is -2.94. The Labute approximate surface area is 177 Å². The van der Waals surface area contributed by atoms with Crippen LogP contribution in [0.4, 0.5) is 19.0 Å². The number of pyridine rings is 1. The van der Waals surface area contributed by atoms with Crippen LogP contribution in [-0.2, 0) is 0 Å². The minimum absolute atomic E-state index is 0.0992. The largest absolute Gasteiger partial charge is 0.361 e. The van der Waals surface area contributed by atoms with Crippen molar-refractivity contribution in [3.8, 4) is 0 Å². The van der Waals surface area contributed by atoms with Gasteiger partial charge in [0.15, 0.2) is 5.82 Å². The highest BCUT2D eigenvalue weighted by Gasteiger charge is 2.23. The molecule has 1 aromatic carbocycles. The molecule has 164 valence electrons. The number of likely N-dealkylation sites (tertiary alicyclic amines) is 1. The second-order valence-electron chi connectivity index (χ2n) is 8.07. The SMILES string of the molecule is C[C@@H](Nc1n[nH]c(=O)c2cnc(C3CCCN(C)C3)cc12)c1cccc(C(F)F)c1F. The molecule has 2 aromatic heterocycles. The van der Waals surface area contributed by atoms with Crippen molar-refractivity contribution in [3.63, 3.8) is 0 Å². The molecule has 1 aliphatic heterocycles. The van der Waals surface area contributed by atoms with Crippen molar-refractivity contribution in [2.24, 2.45) is 0 Å². The number of halogens is 3. The molecule has 0 saturated carbocycles. The highest BCUT2D eigenvalue weighted by molar-refractivity contribution is 5.90. The van der Waals surface area contributed by atoms with Gasteiger partial charge in [-0.2, -0.15) is 5.10 Å². The maximum Gasteiger partial charge on any atom is 0.273 e. The maximum atomic E-state index is 14.6. The lowest BCUT2D eigenvalue weighted by Crippen LogP contribution is -2.31. The predicted octanol–water partition coefficient (Wildman–Crippen LogP) is 4.38. The first-order valence-electron chi connectivity index (χ1n) is 10.2. The number of rotatable bonds is 5. The van der Waals surface area contributed by atoms with Crippen LogP contribution in [-0.4, -0.2) is 40.2 Å². The Morgan fingerprint density at radius 1 is 1.26 bits per heavy atom. The number of aromatic amines is 1. The Morgan fingerprint density at radius 3 is 2.77 bits per heavy atom. The van der Waals surface area contributed by atoms with E-state index in [0.29, 0.717) is 16.6 Å². The minimum atomic E-state index is -2.90. The van der Waals surface area contributed by atoms with Crippen LogP contribution in [0.5, 0.6) is 0 Å². The molecule has 0 spiro atoms. The van der Waals surface area contributed by atoms with Crippen molar-refractivity contribution in [1.82, 2.24) is 20.1 Å². The molecule has 3 aromatic rings. The van der Waals surface area contributed by atoms with Gasteiger partial charge in [0.25, 0.3) is 12.0 Å². The van der Waals surface area contributed by atoms with E-state index in [4.69, 9.17) is 0 Å². The van der Waals surface area contributed by atoms with Crippen LogP contribution in [0.3, 0.4) is 0 Å². The Morgan fingerprint density at radius 2 is 2.03 bits per heavy atom. The van der Waals surface area contributed by atoms with Crippen LogP contribution in [0.25, 0.3) is 10.8 Å². The van der Waals surface area contributed by atoms with Crippen molar-refractivity contribution in [2.75, 3.05) is 25.5 Å². The summed E-state index contributed by atoms with van der Waals surface area (Å²) in [7, 11) is 2.07. The molecule has 1 fully saturated rings. The fraction of sp³-hybridized carbons (Fsp3) is 0.409. The average Bonchev–Trinajstić information content (AvgIpc) is 2.75. The molecular formula is C22H24F3N5O. The van der Waals surface area contributed by atoms with Gasteiger partial charge in [-0.3, -0.25) is 9.78 Å². The van der Waals surface area contributed by atoms with Crippen LogP contribution in [0.2, 0.25) is 0 Å². The summed E-state index contributed by atoms with van der Waals surface area (Å²) in [4.78, 5) is 19.0. The first kappa shape index (κ1) is 21.3. The second-order valence-corrected chi connectivity index (χ2v) is 8.07. The number of aromatic nitrogens is 3. The number of alkyl halides is 2. The van der Waals surface area contributed by atoms with E-state index in [1.54, 1.807) is 6.92 Å². The van der Waals surface area contributed by atoms with Gasteiger partial charge in [-0.1, -0.05) is 18.2 Å². The summed E-state index contributed by atoms with van der Waals surface area (Å²) in [6, 6.07) is 5.12. The molecule has 3 heterocycles. The fourth-order valence-corrected chi connectivity index (χ4v) is 4.17. The van der Waals surface area contributed by atoms with Crippen LogP contribution in [0.15, 0.2) is 35.3 Å². The summed E-state index contributed by atoms with van der Waals surface area (Å²) in [5.41, 5.74) is -0.0487. The van der Waals surface area contributed by atoms with Gasteiger partial charge in [-0.15, -0.1) is 0 Å². The summed E-state index contributed by atoms with van der Waals surface area (Å²) in [6.45, 7) is 3.57. The molecule has 1 unspecified atom stereocenters. The first-order chi connectivity index (χ1) is 14.8. The number of benzene rings is 1. The van der Waals surface area contributed by atoms with Crippen LogP contribution in [0.1, 0.15) is 55.0 Å². The zero-order valence-corrected chi connectivity index (χ0v) is 17.3. The molecule has 2 atom stereocenters. The molecule has 0 aliphatic carbocycles. The van der Waals surface area contributed by atoms with Gasteiger partial charge in [0, 0.05) is 35.3 Å². The number of piperidine rings is 1. The van der Waals surface area contributed by atoms with E-state index in [1.165, 1.54) is 18.3 Å². The van der Waals surface area contributed by atoms with E-state index in [9.17, 15) is 18.0 Å². The normalized spacial score (nSPS) is 18.5. The minimum Gasteiger partial charge on any atom is -0.361 e. The molecule has 0 radical (unpaired) electrons. The summed E-state index contributed by atoms with van der Waals surface area (Å²) in [5.74, 6) is -0.358. The van der Waals surface area contributed by atoms with E-state index in [2.05, 4.69) is 32.4 Å². The first-order valence-corrected chi connectivity index (χ1v) is 10.2. The Balaban J connectivity index is 1.70. The summed E-state index contributed by atoms with van der Waals surface area (Å²) < 4.78 is 40.7. The third-order valence-corrected chi connectivity index (χ3v) is 5.85. The zero-order chi connectivity index (χ0) is 22.1. The molecule has 0 amide bonds. The fourth-order valence-electron chi connectivity index (χ4n) is 4.17. The van der Waals surface area contributed by atoms with Crippen molar-refractivity contribution < 1.29 is 13.2 Å². The highest BCUT2D eigenvalue weighted by atomic mass is 19.3. The smallest absolute Gasteiger partial charge is 0.273 e. The van der Waals surface area contributed by atoms with Crippen molar-refractivity contribution in [2.45, 2.75) is 38.2 Å². The molecule has 31 heavy (non-hydrogen) atoms. The highest BCUT2D eigenvalue weighted by Crippen LogP contribution is 2.31. The van der Waals surface area contributed by atoms with E-state index in [0.717, 1.165) is 37.7 Å². The third-order valence-electron chi connectivity index (χ3n) is 5.85. The molecule has 1 aliphatic rings. The monoisotopic (exact) mass is 431 g/mol. The molecule has 1 saturated heterocycles. The van der Waals surface area contributed by atoms with Gasteiger partial charge in [0.1, 0.15) is 5.82 Å². The molecule has 4 rings (SSSR count). The van der Waals surface area contributed by atoms with E-state index in [1.807, 2.05) is 6.07 Å². The summed E-state index contributed by atoms with van der Waals surface area (Å²) in [5, 5.41) is 10.5. The number of likely N-dealkylation sites (N-methyl/N-ethyl adjacent to an activating group) is 1. The number of hydrogen-bond donors (Lipinski definition) is 2. The number of anilines is 1. The predicted molar refractivity (Wildman–Crippen MR) is 113 cm³/mol.